The summed E-state index contributed by atoms with van der Waals surface area (Å²) in [5, 5.41) is 3.85. The number of hydrogen-bond acceptors (Lipinski definition) is 10. The second-order valence-electron chi connectivity index (χ2n) is 10.8. The average molecular weight is 571 g/mol. The first kappa shape index (κ1) is 28.6. The van der Waals surface area contributed by atoms with Crippen molar-refractivity contribution in [3.63, 3.8) is 0 Å². The van der Waals surface area contributed by atoms with Crippen molar-refractivity contribution in [3.8, 4) is 5.75 Å². The van der Waals surface area contributed by atoms with Gasteiger partial charge < -0.3 is 24.6 Å². The molecule has 12 heteroatoms. The van der Waals surface area contributed by atoms with E-state index >= 15 is 0 Å². The number of methoxy groups -OCH3 is 1. The maximum Gasteiger partial charge on any atom is 0.410 e. The third kappa shape index (κ3) is 6.99. The maximum absolute atomic E-state index is 13.9. The molecule has 0 bridgehead atoms. The minimum absolute atomic E-state index is 0.142. The van der Waals surface area contributed by atoms with Crippen LogP contribution < -0.4 is 10.1 Å². The lowest BCUT2D eigenvalue weighted by Gasteiger charge is -2.47. The smallest absolute Gasteiger partial charge is 0.410 e. The van der Waals surface area contributed by atoms with Gasteiger partial charge in [0.15, 0.2) is 10.9 Å². The van der Waals surface area contributed by atoms with Gasteiger partial charge in [0, 0.05) is 36.9 Å². The Morgan fingerprint density at radius 3 is 2.54 bits per heavy atom. The van der Waals surface area contributed by atoms with Crippen LogP contribution in [-0.4, -0.2) is 74.6 Å². The zero-order valence-corrected chi connectivity index (χ0v) is 24.9. The summed E-state index contributed by atoms with van der Waals surface area (Å²) >= 11 is 3.02. The van der Waals surface area contributed by atoms with Crippen LogP contribution in [0.3, 0.4) is 0 Å². The summed E-state index contributed by atoms with van der Waals surface area (Å²) in [4.78, 5) is 43.7. The standard InChI is InChI=1S/C27H34N6O4S2/c1-17-12-19(36-7)18(13-20(17)38-22-15-30-24(39-22)31-21-14-28-8-9-29-21)23(34)33-11-10-32(16-27(33,5)6)25(35)37-26(2,3)4/h8-9,12-15H,10-11,16H2,1-7H3,(H,29,30,31). The van der Waals surface area contributed by atoms with E-state index in [0.29, 0.717) is 41.9 Å². The Hall–Kier alpha value is -3.38. The Balaban J connectivity index is 1.52. The lowest BCUT2D eigenvalue weighted by Crippen LogP contribution is -2.62. The molecule has 1 fully saturated rings. The molecule has 10 nitrogen and oxygen atoms in total. The average Bonchev–Trinajstić information content (AvgIpc) is 3.30. The van der Waals surface area contributed by atoms with E-state index in [9.17, 15) is 9.59 Å². The lowest BCUT2D eigenvalue weighted by atomic mass is 9.97. The highest BCUT2D eigenvalue weighted by molar-refractivity contribution is 8.01. The molecular weight excluding hydrogens is 536 g/mol. The fourth-order valence-electron chi connectivity index (χ4n) is 4.21. The van der Waals surface area contributed by atoms with Crippen LogP contribution in [0.2, 0.25) is 0 Å². The summed E-state index contributed by atoms with van der Waals surface area (Å²) in [6.45, 7) is 12.6. The number of benzene rings is 1. The summed E-state index contributed by atoms with van der Waals surface area (Å²) < 4.78 is 12.1. The van der Waals surface area contributed by atoms with Crippen LogP contribution in [0.15, 0.2) is 46.0 Å². The fraction of sp³-hybridized carbons (Fsp3) is 0.444. The van der Waals surface area contributed by atoms with E-state index in [1.54, 1.807) is 36.8 Å². The minimum Gasteiger partial charge on any atom is -0.496 e. The number of piperazine rings is 1. The van der Waals surface area contributed by atoms with Gasteiger partial charge in [-0.3, -0.25) is 9.78 Å². The molecule has 2 aromatic heterocycles. The van der Waals surface area contributed by atoms with Gasteiger partial charge in [-0.05, 0) is 59.2 Å². The number of hydrogen-bond donors (Lipinski definition) is 1. The summed E-state index contributed by atoms with van der Waals surface area (Å²) in [6, 6.07) is 3.77. The number of aryl methyl sites for hydroxylation is 1. The third-order valence-electron chi connectivity index (χ3n) is 6.02. The van der Waals surface area contributed by atoms with Gasteiger partial charge in [0.05, 0.1) is 34.8 Å². The molecule has 0 radical (unpaired) electrons. The van der Waals surface area contributed by atoms with Gasteiger partial charge in [-0.1, -0.05) is 23.1 Å². The van der Waals surface area contributed by atoms with Gasteiger partial charge in [0.1, 0.15) is 11.4 Å². The Bertz CT molecular complexity index is 1340. The molecule has 39 heavy (non-hydrogen) atoms. The monoisotopic (exact) mass is 570 g/mol. The largest absolute Gasteiger partial charge is 0.496 e. The van der Waals surface area contributed by atoms with E-state index < -0.39 is 11.1 Å². The molecule has 1 aliphatic rings. The van der Waals surface area contributed by atoms with Crippen molar-refractivity contribution in [3.05, 3.63) is 48.0 Å². The highest BCUT2D eigenvalue weighted by Gasteiger charge is 2.40. The normalized spacial score (nSPS) is 15.2. The van der Waals surface area contributed by atoms with Crippen molar-refractivity contribution < 1.29 is 19.1 Å². The Morgan fingerprint density at radius 2 is 1.90 bits per heavy atom. The molecule has 1 aliphatic heterocycles. The van der Waals surface area contributed by atoms with Crippen LogP contribution in [0, 0.1) is 6.92 Å². The molecule has 4 rings (SSSR count). The molecule has 0 spiro atoms. The number of anilines is 2. The SMILES string of the molecule is COc1cc(C)c(Sc2cnc(Nc3cnccn3)s2)cc1C(=O)N1CCN(C(=O)OC(C)(C)C)CC1(C)C. The topological polar surface area (TPSA) is 110 Å². The zero-order valence-electron chi connectivity index (χ0n) is 23.3. The van der Waals surface area contributed by atoms with Crippen molar-refractivity contribution >= 4 is 46.0 Å². The van der Waals surface area contributed by atoms with Crippen molar-refractivity contribution in [1.29, 1.82) is 0 Å². The first-order valence-electron chi connectivity index (χ1n) is 12.5. The van der Waals surface area contributed by atoms with Gasteiger partial charge >= 0.3 is 6.09 Å². The van der Waals surface area contributed by atoms with Gasteiger partial charge in [-0.25, -0.2) is 14.8 Å². The first-order chi connectivity index (χ1) is 18.4. The number of ether oxygens (including phenoxy) is 2. The van der Waals surface area contributed by atoms with Gasteiger partial charge in [0.2, 0.25) is 0 Å². The highest BCUT2D eigenvalue weighted by Crippen LogP contribution is 2.39. The van der Waals surface area contributed by atoms with Crippen LogP contribution in [0.1, 0.15) is 50.5 Å². The van der Waals surface area contributed by atoms with Gasteiger partial charge in [-0.15, -0.1) is 0 Å². The number of aromatic nitrogens is 3. The van der Waals surface area contributed by atoms with Crippen molar-refractivity contribution in [2.75, 3.05) is 32.1 Å². The molecular formula is C27H34N6O4S2. The van der Waals surface area contributed by atoms with Gasteiger partial charge in [0.25, 0.3) is 5.91 Å². The van der Waals surface area contributed by atoms with E-state index in [-0.39, 0.29) is 12.0 Å². The number of amides is 2. The molecule has 0 unspecified atom stereocenters. The van der Waals surface area contributed by atoms with Crippen LogP contribution >= 0.6 is 23.1 Å². The van der Waals surface area contributed by atoms with Crippen LogP contribution in [0.4, 0.5) is 15.7 Å². The van der Waals surface area contributed by atoms with E-state index in [0.717, 1.165) is 14.7 Å². The van der Waals surface area contributed by atoms with Crippen molar-refractivity contribution in [2.45, 2.75) is 61.8 Å². The second-order valence-corrected chi connectivity index (χ2v) is 13.2. The summed E-state index contributed by atoms with van der Waals surface area (Å²) in [5.41, 5.74) is 0.279. The molecule has 3 heterocycles. The Labute approximate surface area is 237 Å². The summed E-state index contributed by atoms with van der Waals surface area (Å²) in [6.07, 6.45) is 6.28. The lowest BCUT2D eigenvalue weighted by molar-refractivity contribution is -0.0109. The van der Waals surface area contributed by atoms with E-state index in [4.69, 9.17) is 9.47 Å². The molecule has 2 amide bonds. The number of carbonyl (C=O) groups excluding carboxylic acids is 2. The quantitative estimate of drug-likeness (QED) is 0.404. The van der Waals surface area contributed by atoms with E-state index in [1.165, 1.54) is 23.1 Å². The van der Waals surface area contributed by atoms with Crippen LogP contribution in [0.5, 0.6) is 5.75 Å². The maximum atomic E-state index is 13.9. The third-order valence-corrected chi connectivity index (χ3v) is 8.19. The number of thiazole rings is 1. The van der Waals surface area contributed by atoms with E-state index in [2.05, 4.69) is 20.3 Å². The molecule has 1 aromatic carbocycles. The predicted octanol–water partition coefficient (Wildman–Crippen LogP) is 5.62. The van der Waals surface area contributed by atoms with Gasteiger partial charge in [-0.2, -0.15) is 0 Å². The Morgan fingerprint density at radius 1 is 1.13 bits per heavy atom. The molecule has 1 saturated heterocycles. The second kappa shape index (κ2) is 11.4. The fourth-order valence-corrected chi connectivity index (χ4v) is 6.16. The minimum atomic E-state index is -0.603. The van der Waals surface area contributed by atoms with Crippen LogP contribution in [0.25, 0.3) is 0 Å². The molecule has 3 aromatic rings. The molecule has 0 saturated carbocycles. The number of rotatable bonds is 6. The van der Waals surface area contributed by atoms with E-state index in [1.807, 2.05) is 58.6 Å². The number of carbonyl (C=O) groups is 2. The van der Waals surface area contributed by atoms with Crippen LogP contribution in [-0.2, 0) is 4.74 Å². The first-order valence-corrected chi connectivity index (χ1v) is 14.1. The van der Waals surface area contributed by atoms with Crippen molar-refractivity contribution in [1.82, 2.24) is 24.8 Å². The number of nitrogens with one attached hydrogen (secondary N) is 1. The Kier molecular flexibility index (Phi) is 8.36. The molecule has 0 aliphatic carbocycles. The molecule has 0 atom stereocenters. The van der Waals surface area contributed by atoms with Crippen molar-refractivity contribution in [2.24, 2.45) is 0 Å². The zero-order chi connectivity index (χ0) is 28.4. The molecule has 1 N–H and O–H groups in total. The molecule has 208 valence electrons. The summed E-state index contributed by atoms with van der Waals surface area (Å²) in [7, 11) is 1.57. The summed E-state index contributed by atoms with van der Waals surface area (Å²) in [5.74, 6) is 0.990. The highest BCUT2D eigenvalue weighted by atomic mass is 32.2. The number of nitrogens with zero attached hydrogens (tertiary/aromatic N) is 5. The predicted molar refractivity (Wildman–Crippen MR) is 152 cm³/mol.